The summed E-state index contributed by atoms with van der Waals surface area (Å²) in [5.41, 5.74) is 3.21. The van der Waals surface area contributed by atoms with E-state index in [0.717, 1.165) is 18.7 Å². The molecular formula is C10H17N5O. The second kappa shape index (κ2) is 6.60. The zero-order chi connectivity index (χ0) is 11.8. The van der Waals surface area contributed by atoms with Crippen molar-refractivity contribution in [3.8, 4) is 0 Å². The quantitative estimate of drug-likeness (QED) is 0.443. The maximum Gasteiger partial charge on any atom is 0.335 e. The van der Waals surface area contributed by atoms with Gasteiger partial charge in [-0.3, -0.25) is 0 Å². The highest BCUT2D eigenvalue weighted by atomic mass is 16.2. The Hall–Kier alpha value is -1.85. The number of hydrazone groups is 1. The molecule has 0 saturated heterocycles. The van der Waals surface area contributed by atoms with Crippen LogP contribution in [0.4, 0.5) is 4.79 Å². The predicted octanol–water partition coefficient (Wildman–Crippen LogP) is 0.968. The molecule has 6 heteroatoms. The van der Waals surface area contributed by atoms with Gasteiger partial charge < -0.3 is 9.88 Å². The number of nitrogens with zero attached hydrogens (tertiary/aromatic N) is 3. The number of aromatic nitrogens is 2. The van der Waals surface area contributed by atoms with Crippen molar-refractivity contribution in [1.82, 2.24) is 20.3 Å². The summed E-state index contributed by atoms with van der Waals surface area (Å²) in [5.74, 6) is 0. The molecule has 0 unspecified atom stereocenters. The van der Waals surface area contributed by atoms with E-state index in [1.165, 1.54) is 0 Å². The second-order valence-electron chi connectivity index (χ2n) is 3.58. The number of urea groups is 1. The molecule has 0 aliphatic heterocycles. The molecule has 1 rings (SSSR count). The monoisotopic (exact) mass is 223 g/mol. The van der Waals surface area contributed by atoms with E-state index in [1.807, 2.05) is 24.6 Å². The Bertz CT molecular complexity index is 340. The van der Waals surface area contributed by atoms with Gasteiger partial charge in [0.1, 0.15) is 0 Å². The summed E-state index contributed by atoms with van der Waals surface area (Å²) in [7, 11) is 0. The highest BCUT2D eigenvalue weighted by Crippen LogP contribution is 1.88. The number of carbonyl (C=O) groups excluding carboxylic acids is 1. The largest absolute Gasteiger partial charge is 0.337 e. The van der Waals surface area contributed by atoms with Crippen molar-refractivity contribution < 1.29 is 4.79 Å². The Balaban J connectivity index is 2.07. The Morgan fingerprint density at radius 1 is 1.50 bits per heavy atom. The smallest absolute Gasteiger partial charge is 0.335 e. The molecule has 0 aliphatic rings. The van der Waals surface area contributed by atoms with E-state index in [4.69, 9.17) is 0 Å². The molecule has 0 bridgehead atoms. The predicted molar refractivity (Wildman–Crippen MR) is 62.2 cm³/mol. The Kier molecular flexibility index (Phi) is 5.04. The minimum atomic E-state index is -0.271. The van der Waals surface area contributed by atoms with Crippen molar-refractivity contribution in [3.63, 3.8) is 0 Å². The summed E-state index contributed by atoms with van der Waals surface area (Å²) in [6.45, 7) is 5.09. The van der Waals surface area contributed by atoms with Gasteiger partial charge in [-0.2, -0.15) is 5.10 Å². The number of hydrogen-bond acceptors (Lipinski definition) is 3. The topological polar surface area (TPSA) is 71.3 Å². The van der Waals surface area contributed by atoms with Crippen LogP contribution in [-0.4, -0.2) is 27.8 Å². The van der Waals surface area contributed by atoms with Crippen molar-refractivity contribution in [2.24, 2.45) is 5.10 Å². The van der Waals surface area contributed by atoms with E-state index in [2.05, 4.69) is 20.8 Å². The Labute approximate surface area is 94.8 Å². The lowest BCUT2D eigenvalue weighted by Crippen LogP contribution is -2.33. The van der Waals surface area contributed by atoms with Gasteiger partial charge in [-0.25, -0.2) is 15.2 Å². The van der Waals surface area contributed by atoms with Crippen LogP contribution in [-0.2, 0) is 6.54 Å². The van der Waals surface area contributed by atoms with Gasteiger partial charge in [0.25, 0.3) is 0 Å². The Morgan fingerprint density at radius 2 is 2.31 bits per heavy atom. The molecule has 1 heterocycles. The maximum absolute atomic E-state index is 11.2. The lowest BCUT2D eigenvalue weighted by atomic mass is 10.4. The van der Waals surface area contributed by atoms with Gasteiger partial charge >= 0.3 is 6.03 Å². The van der Waals surface area contributed by atoms with Crippen molar-refractivity contribution in [1.29, 1.82) is 0 Å². The van der Waals surface area contributed by atoms with Crippen LogP contribution in [0.5, 0.6) is 0 Å². The molecule has 0 atom stereocenters. The minimum absolute atomic E-state index is 0.271. The van der Waals surface area contributed by atoms with Gasteiger partial charge in [-0.05, 0) is 20.3 Å². The highest BCUT2D eigenvalue weighted by molar-refractivity contribution is 5.81. The molecule has 1 aromatic rings. The number of rotatable bonds is 5. The third-order valence-electron chi connectivity index (χ3n) is 1.82. The van der Waals surface area contributed by atoms with E-state index in [9.17, 15) is 4.79 Å². The summed E-state index contributed by atoms with van der Waals surface area (Å²) in [6, 6.07) is -0.271. The molecule has 88 valence electrons. The van der Waals surface area contributed by atoms with Gasteiger partial charge in [0.2, 0.25) is 0 Å². The summed E-state index contributed by atoms with van der Waals surface area (Å²) < 4.78 is 1.97. The van der Waals surface area contributed by atoms with E-state index in [0.29, 0.717) is 6.54 Å². The molecule has 0 aromatic carbocycles. The molecule has 2 N–H and O–H groups in total. The first-order valence-electron chi connectivity index (χ1n) is 5.19. The molecular weight excluding hydrogens is 206 g/mol. The lowest BCUT2D eigenvalue weighted by molar-refractivity contribution is 0.241. The average Bonchev–Trinajstić information content (AvgIpc) is 2.74. The van der Waals surface area contributed by atoms with Gasteiger partial charge in [0, 0.05) is 31.2 Å². The lowest BCUT2D eigenvalue weighted by Gasteiger charge is -2.04. The van der Waals surface area contributed by atoms with E-state index in [-0.39, 0.29) is 6.03 Å². The highest BCUT2D eigenvalue weighted by Gasteiger charge is 1.96. The summed E-state index contributed by atoms with van der Waals surface area (Å²) in [6.07, 6.45) is 6.24. The standard InChI is InChI=1S/C10H17N5O/c1-9(2)13-14-10(16)12-4-3-6-15-7-5-11-8-15/h5,7-8H,3-4,6H2,1-2H3,(H2,12,14,16). The number of aryl methyl sites for hydroxylation is 1. The number of carbonyl (C=O) groups is 1. The van der Waals surface area contributed by atoms with Crippen molar-refractivity contribution in [2.45, 2.75) is 26.8 Å². The van der Waals surface area contributed by atoms with Crippen LogP contribution in [0.25, 0.3) is 0 Å². The van der Waals surface area contributed by atoms with Crippen LogP contribution in [0, 0.1) is 0 Å². The van der Waals surface area contributed by atoms with E-state index in [1.54, 1.807) is 12.5 Å². The van der Waals surface area contributed by atoms with Gasteiger partial charge in [0.05, 0.1) is 6.33 Å². The SMILES string of the molecule is CC(C)=NNC(=O)NCCCn1ccnc1. The molecule has 0 saturated carbocycles. The fourth-order valence-electron chi connectivity index (χ4n) is 1.08. The van der Waals surface area contributed by atoms with Crippen molar-refractivity contribution in [2.75, 3.05) is 6.54 Å². The summed E-state index contributed by atoms with van der Waals surface area (Å²) in [4.78, 5) is 15.1. The molecule has 2 amide bonds. The zero-order valence-corrected chi connectivity index (χ0v) is 9.60. The van der Waals surface area contributed by atoms with Crippen LogP contribution in [0.3, 0.4) is 0 Å². The summed E-state index contributed by atoms with van der Waals surface area (Å²) in [5, 5.41) is 6.50. The number of nitrogens with one attached hydrogen (secondary N) is 2. The average molecular weight is 223 g/mol. The minimum Gasteiger partial charge on any atom is -0.337 e. The van der Waals surface area contributed by atoms with Gasteiger partial charge in [-0.15, -0.1) is 0 Å². The van der Waals surface area contributed by atoms with Gasteiger partial charge in [0.15, 0.2) is 0 Å². The number of hydrogen-bond donors (Lipinski definition) is 2. The zero-order valence-electron chi connectivity index (χ0n) is 9.60. The Morgan fingerprint density at radius 3 is 2.94 bits per heavy atom. The third kappa shape index (κ3) is 5.14. The van der Waals surface area contributed by atoms with Crippen LogP contribution in [0.2, 0.25) is 0 Å². The molecule has 0 fully saturated rings. The molecule has 1 aromatic heterocycles. The molecule has 0 radical (unpaired) electrons. The van der Waals surface area contributed by atoms with Crippen molar-refractivity contribution in [3.05, 3.63) is 18.7 Å². The van der Waals surface area contributed by atoms with Crippen LogP contribution in [0.1, 0.15) is 20.3 Å². The number of imidazole rings is 1. The molecule has 16 heavy (non-hydrogen) atoms. The molecule has 6 nitrogen and oxygen atoms in total. The first kappa shape index (κ1) is 12.2. The third-order valence-corrected chi connectivity index (χ3v) is 1.82. The fourth-order valence-corrected chi connectivity index (χ4v) is 1.08. The molecule has 0 aliphatic carbocycles. The first-order valence-corrected chi connectivity index (χ1v) is 5.19. The van der Waals surface area contributed by atoms with Gasteiger partial charge in [-0.1, -0.05) is 0 Å². The van der Waals surface area contributed by atoms with Crippen LogP contribution in [0.15, 0.2) is 23.8 Å². The number of amides is 2. The second-order valence-corrected chi connectivity index (χ2v) is 3.58. The van der Waals surface area contributed by atoms with Crippen LogP contribution >= 0.6 is 0 Å². The maximum atomic E-state index is 11.2. The first-order chi connectivity index (χ1) is 7.68. The van der Waals surface area contributed by atoms with Crippen LogP contribution < -0.4 is 10.7 Å². The fraction of sp³-hybridized carbons (Fsp3) is 0.500. The normalized spacial score (nSPS) is 9.62. The molecule has 0 spiro atoms. The van der Waals surface area contributed by atoms with Crippen molar-refractivity contribution >= 4 is 11.7 Å². The van der Waals surface area contributed by atoms with E-state index < -0.39 is 0 Å². The van der Waals surface area contributed by atoms with E-state index >= 15 is 0 Å². The summed E-state index contributed by atoms with van der Waals surface area (Å²) >= 11 is 0.